The van der Waals surface area contributed by atoms with Gasteiger partial charge in [0.25, 0.3) is 0 Å². The number of carbonyl (C=O) groups excluding carboxylic acids is 2. The molecule has 1 atom stereocenters. The fraction of sp³-hybridized carbons (Fsp3) is 0.529. The number of nitrogens with zero attached hydrogens (tertiary/aromatic N) is 1. The monoisotopic (exact) mass is 336 g/mol. The van der Waals surface area contributed by atoms with Crippen LogP contribution < -0.4 is 5.32 Å². The van der Waals surface area contributed by atoms with E-state index in [2.05, 4.69) is 5.32 Å². The lowest BCUT2D eigenvalue weighted by Gasteiger charge is -2.16. The molecule has 1 aliphatic heterocycles. The molecule has 1 aromatic rings. The number of rotatable bonds is 6. The van der Waals surface area contributed by atoms with Crippen LogP contribution in [-0.2, 0) is 9.53 Å². The molecule has 1 N–H and O–H groups in total. The smallest absolute Gasteiger partial charge is 0.340 e. The van der Waals surface area contributed by atoms with Crippen LogP contribution in [0.1, 0.15) is 36.5 Å². The summed E-state index contributed by atoms with van der Waals surface area (Å²) < 4.78 is 5.43. The summed E-state index contributed by atoms with van der Waals surface area (Å²) in [5.41, 5.74) is 1.15. The second-order valence-corrected chi connectivity index (χ2v) is 6.60. The summed E-state index contributed by atoms with van der Waals surface area (Å²) in [6.45, 7) is 3.63. The molecule has 1 aliphatic carbocycles. The van der Waals surface area contributed by atoms with Crippen molar-refractivity contribution >= 4 is 29.2 Å². The molecule has 0 bridgehead atoms. The quantitative estimate of drug-likeness (QED) is 0.811. The van der Waals surface area contributed by atoms with Crippen LogP contribution >= 0.6 is 11.6 Å². The van der Waals surface area contributed by atoms with Gasteiger partial charge < -0.3 is 15.0 Å². The van der Waals surface area contributed by atoms with Crippen LogP contribution in [-0.4, -0.2) is 42.5 Å². The zero-order valence-electron chi connectivity index (χ0n) is 13.2. The van der Waals surface area contributed by atoms with Crippen LogP contribution in [0.4, 0.5) is 5.69 Å². The average Bonchev–Trinajstić information content (AvgIpc) is 3.30. The first-order valence-electron chi connectivity index (χ1n) is 8.08. The summed E-state index contributed by atoms with van der Waals surface area (Å²) in [6, 6.07) is 5.55. The molecule has 1 aromatic carbocycles. The Hall–Kier alpha value is -1.75. The normalized spacial score (nSPS) is 20.7. The van der Waals surface area contributed by atoms with E-state index < -0.39 is 5.97 Å². The van der Waals surface area contributed by atoms with Crippen molar-refractivity contribution in [2.24, 2.45) is 5.92 Å². The number of ether oxygens (including phenoxy) is 1. The van der Waals surface area contributed by atoms with Crippen molar-refractivity contribution in [1.29, 1.82) is 0 Å². The minimum Gasteiger partial charge on any atom is -0.462 e. The summed E-state index contributed by atoms with van der Waals surface area (Å²) in [6.07, 6.45) is 2.68. The maximum Gasteiger partial charge on any atom is 0.340 e. The lowest BCUT2D eigenvalue weighted by molar-refractivity contribution is -0.128. The van der Waals surface area contributed by atoms with E-state index in [0.717, 1.165) is 12.8 Å². The molecule has 0 unspecified atom stereocenters. The van der Waals surface area contributed by atoms with Crippen LogP contribution in [0.15, 0.2) is 18.2 Å². The van der Waals surface area contributed by atoms with Gasteiger partial charge in [-0.3, -0.25) is 4.79 Å². The number of halogens is 1. The summed E-state index contributed by atoms with van der Waals surface area (Å²) in [4.78, 5) is 26.2. The Balaban J connectivity index is 1.59. The van der Waals surface area contributed by atoms with E-state index in [4.69, 9.17) is 16.3 Å². The van der Waals surface area contributed by atoms with Gasteiger partial charge in [0, 0.05) is 42.2 Å². The molecule has 1 saturated carbocycles. The Labute approximate surface area is 140 Å². The number of hydrogen-bond donors (Lipinski definition) is 1. The highest BCUT2D eigenvalue weighted by atomic mass is 35.5. The van der Waals surface area contributed by atoms with Gasteiger partial charge in [-0.05, 0) is 38.0 Å². The molecule has 1 heterocycles. The van der Waals surface area contributed by atoms with Crippen molar-refractivity contribution in [3.63, 3.8) is 0 Å². The summed E-state index contributed by atoms with van der Waals surface area (Å²) in [5, 5.41) is 3.62. The van der Waals surface area contributed by atoms with E-state index in [1.807, 2.05) is 11.8 Å². The number of benzene rings is 1. The van der Waals surface area contributed by atoms with Gasteiger partial charge in [-0.2, -0.15) is 0 Å². The third kappa shape index (κ3) is 3.78. The molecule has 23 heavy (non-hydrogen) atoms. The highest BCUT2D eigenvalue weighted by Crippen LogP contribution is 2.32. The van der Waals surface area contributed by atoms with Crippen LogP contribution in [0.2, 0.25) is 5.02 Å². The Morgan fingerprint density at radius 3 is 2.91 bits per heavy atom. The molecule has 124 valence electrons. The topological polar surface area (TPSA) is 58.6 Å². The number of carbonyl (C=O) groups is 2. The van der Waals surface area contributed by atoms with E-state index in [1.54, 1.807) is 18.2 Å². The van der Waals surface area contributed by atoms with Gasteiger partial charge in [-0.1, -0.05) is 11.6 Å². The largest absolute Gasteiger partial charge is 0.462 e. The minimum absolute atomic E-state index is 0.0915. The highest BCUT2D eigenvalue weighted by molar-refractivity contribution is 6.31. The zero-order valence-corrected chi connectivity index (χ0v) is 13.9. The second-order valence-electron chi connectivity index (χ2n) is 6.17. The van der Waals surface area contributed by atoms with Gasteiger partial charge in [-0.25, -0.2) is 4.79 Å². The van der Waals surface area contributed by atoms with Gasteiger partial charge in [0.2, 0.25) is 5.91 Å². The Kier molecular flexibility index (Phi) is 4.76. The van der Waals surface area contributed by atoms with Crippen LogP contribution in [0.5, 0.6) is 0 Å². The van der Waals surface area contributed by atoms with E-state index in [-0.39, 0.29) is 18.4 Å². The van der Waals surface area contributed by atoms with Gasteiger partial charge in [0.05, 0.1) is 12.2 Å². The summed E-state index contributed by atoms with van der Waals surface area (Å²) in [7, 11) is 0. The minimum atomic E-state index is -0.402. The van der Waals surface area contributed by atoms with E-state index in [1.165, 1.54) is 0 Å². The molecule has 2 aliphatic rings. The predicted octanol–water partition coefficient (Wildman–Crippen LogP) is 2.94. The number of nitrogens with one attached hydrogen (secondary N) is 1. The molecular weight excluding hydrogens is 316 g/mol. The fourth-order valence-electron chi connectivity index (χ4n) is 2.96. The number of hydrogen-bond acceptors (Lipinski definition) is 4. The molecule has 2 fully saturated rings. The lowest BCUT2D eigenvalue weighted by atomic mass is 10.1. The van der Waals surface area contributed by atoms with Crippen LogP contribution in [0, 0.1) is 5.92 Å². The first-order chi connectivity index (χ1) is 11.1. The first-order valence-corrected chi connectivity index (χ1v) is 8.46. The molecule has 6 heteroatoms. The Morgan fingerprint density at radius 2 is 2.22 bits per heavy atom. The van der Waals surface area contributed by atoms with Crippen molar-refractivity contribution in [3.8, 4) is 0 Å². The Morgan fingerprint density at radius 1 is 1.43 bits per heavy atom. The van der Waals surface area contributed by atoms with Crippen LogP contribution in [0.3, 0.4) is 0 Å². The molecule has 1 saturated heterocycles. The molecule has 3 rings (SSSR count). The predicted molar refractivity (Wildman–Crippen MR) is 88.7 cm³/mol. The molecular formula is C17H21ClN2O3. The van der Waals surface area contributed by atoms with Gasteiger partial charge in [0.15, 0.2) is 0 Å². The van der Waals surface area contributed by atoms with E-state index in [0.29, 0.717) is 41.8 Å². The maximum absolute atomic E-state index is 12.3. The molecule has 0 spiro atoms. The molecule has 0 aromatic heterocycles. The van der Waals surface area contributed by atoms with E-state index >= 15 is 0 Å². The maximum atomic E-state index is 12.3. The second kappa shape index (κ2) is 6.79. The van der Waals surface area contributed by atoms with E-state index in [9.17, 15) is 9.59 Å². The third-order valence-electron chi connectivity index (χ3n) is 4.25. The van der Waals surface area contributed by atoms with Crippen molar-refractivity contribution in [2.75, 3.05) is 25.0 Å². The average molecular weight is 337 g/mol. The van der Waals surface area contributed by atoms with Crippen molar-refractivity contribution < 1.29 is 14.3 Å². The van der Waals surface area contributed by atoms with Crippen LogP contribution in [0.25, 0.3) is 0 Å². The van der Waals surface area contributed by atoms with Gasteiger partial charge >= 0.3 is 5.97 Å². The SMILES string of the molecule is CCNc1ccc(Cl)cc1C(=O)OC[C@H]1CC(=O)N(C2CC2)C1. The molecule has 1 amide bonds. The van der Waals surface area contributed by atoms with Gasteiger partial charge in [-0.15, -0.1) is 0 Å². The zero-order chi connectivity index (χ0) is 16.4. The first kappa shape index (κ1) is 16.1. The lowest BCUT2D eigenvalue weighted by Crippen LogP contribution is -2.28. The summed E-state index contributed by atoms with van der Waals surface area (Å²) in [5.74, 6) is -0.126. The number of anilines is 1. The molecule has 5 nitrogen and oxygen atoms in total. The van der Waals surface area contributed by atoms with Gasteiger partial charge in [0.1, 0.15) is 0 Å². The van der Waals surface area contributed by atoms with Crippen molar-refractivity contribution in [1.82, 2.24) is 4.90 Å². The van der Waals surface area contributed by atoms with Crippen molar-refractivity contribution in [2.45, 2.75) is 32.2 Å². The number of esters is 1. The third-order valence-corrected chi connectivity index (χ3v) is 4.48. The standard InChI is InChI=1S/C17H21ClN2O3/c1-2-19-15-6-3-12(18)8-14(15)17(22)23-10-11-7-16(21)20(9-11)13-4-5-13/h3,6,8,11,13,19H,2,4-5,7,9-10H2,1H3/t11-/m0/s1. The summed E-state index contributed by atoms with van der Waals surface area (Å²) >= 11 is 5.98. The number of amides is 1. The highest BCUT2D eigenvalue weighted by Gasteiger charge is 2.39. The fourth-order valence-corrected chi connectivity index (χ4v) is 3.13. The Bertz CT molecular complexity index is 616. The van der Waals surface area contributed by atoms with Crippen molar-refractivity contribution in [3.05, 3.63) is 28.8 Å². The molecule has 0 radical (unpaired) electrons. The number of likely N-dealkylation sites (tertiary alicyclic amines) is 1.